The normalized spacial score (nSPS) is 12.0. The topological polar surface area (TPSA) is 78.9 Å². The van der Waals surface area contributed by atoms with Crippen LogP contribution in [0.5, 0.6) is 0 Å². The third kappa shape index (κ3) is 49.2. The van der Waals surface area contributed by atoms with Crippen LogP contribution in [-0.2, 0) is 28.6 Å². The van der Waals surface area contributed by atoms with Gasteiger partial charge in [0.15, 0.2) is 6.10 Å². The quantitative estimate of drug-likeness (QED) is 0.0262. The number of ether oxygens (including phenoxy) is 3. The fraction of sp³-hybridized carbons (Fsp3) is 0.911. The van der Waals surface area contributed by atoms with E-state index in [-0.39, 0.29) is 31.1 Å². The molecule has 0 aromatic carbocycles. The molecule has 0 rings (SSSR count). The van der Waals surface area contributed by atoms with Gasteiger partial charge in [0.05, 0.1) is 0 Å². The second-order valence-corrected chi connectivity index (χ2v) is 18.9. The molecular formula is C56H106O6. The highest BCUT2D eigenvalue weighted by molar-refractivity contribution is 5.71. The summed E-state index contributed by atoms with van der Waals surface area (Å²) >= 11 is 0. The molecule has 6 heteroatoms. The zero-order chi connectivity index (χ0) is 45.1. The largest absolute Gasteiger partial charge is 0.462 e. The molecule has 0 amide bonds. The maximum atomic E-state index is 12.8. The summed E-state index contributed by atoms with van der Waals surface area (Å²) in [6.07, 6.45) is 57.9. The fourth-order valence-electron chi connectivity index (χ4n) is 8.32. The summed E-state index contributed by atoms with van der Waals surface area (Å²) in [5.41, 5.74) is 0. The van der Waals surface area contributed by atoms with E-state index in [1.54, 1.807) is 0 Å². The van der Waals surface area contributed by atoms with E-state index in [1.165, 1.54) is 205 Å². The van der Waals surface area contributed by atoms with Crippen molar-refractivity contribution in [2.45, 2.75) is 316 Å². The van der Waals surface area contributed by atoms with Crippen LogP contribution in [0.3, 0.4) is 0 Å². The molecule has 1 unspecified atom stereocenters. The van der Waals surface area contributed by atoms with Gasteiger partial charge in [0.25, 0.3) is 0 Å². The van der Waals surface area contributed by atoms with Crippen LogP contribution in [0.25, 0.3) is 0 Å². The summed E-state index contributed by atoms with van der Waals surface area (Å²) < 4.78 is 16.8. The Morgan fingerprint density at radius 1 is 0.306 bits per heavy atom. The fourth-order valence-corrected chi connectivity index (χ4v) is 8.32. The molecule has 0 radical (unpaired) electrons. The Labute approximate surface area is 386 Å². The molecule has 0 aromatic heterocycles. The summed E-state index contributed by atoms with van der Waals surface area (Å²) in [4.78, 5) is 37.9. The summed E-state index contributed by atoms with van der Waals surface area (Å²) in [5, 5.41) is 0. The predicted octanol–water partition coefficient (Wildman–Crippen LogP) is 18.2. The van der Waals surface area contributed by atoms with Crippen molar-refractivity contribution in [3.63, 3.8) is 0 Å². The maximum absolute atomic E-state index is 12.8. The summed E-state index contributed by atoms with van der Waals surface area (Å²) in [6.45, 7) is 6.64. The first-order chi connectivity index (χ1) is 30.5. The monoisotopic (exact) mass is 875 g/mol. The first-order valence-electron chi connectivity index (χ1n) is 27.7. The predicted molar refractivity (Wildman–Crippen MR) is 266 cm³/mol. The van der Waals surface area contributed by atoms with Crippen molar-refractivity contribution in [2.24, 2.45) is 0 Å². The second kappa shape index (κ2) is 51.8. The molecular weight excluding hydrogens is 769 g/mol. The van der Waals surface area contributed by atoms with Crippen LogP contribution in [0.15, 0.2) is 12.2 Å². The van der Waals surface area contributed by atoms with Crippen molar-refractivity contribution in [2.75, 3.05) is 13.2 Å². The molecule has 0 aliphatic carbocycles. The summed E-state index contributed by atoms with van der Waals surface area (Å²) in [6, 6.07) is 0. The number of hydrogen-bond acceptors (Lipinski definition) is 6. The average Bonchev–Trinajstić information content (AvgIpc) is 3.27. The number of rotatable bonds is 51. The van der Waals surface area contributed by atoms with Crippen molar-refractivity contribution in [3.8, 4) is 0 Å². The van der Waals surface area contributed by atoms with E-state index in [1.807, 2.05) is 0 Å². The van der Waals surface area contributed by atoms with E-state index in [4.69, 9.17) is 14.2 Å². The number of carbonyl (C=O) groups is 3. The number of unbranched alkanes of at least 4 members (excludes halogenated alkanes) is 38. The SMILES string of the molecule is CCCCCCC/C=C\CCCCCCCC(=O)OC(COC(=O)CCCCCCCCCC)COC(=O)CCCCCCCCCCCCCCCCCCCCCCCC. The van der Waals surface area contributed by atoms with Crippen LogP contribution in [0.4, 0.5) is 0 Å². The lowest BCUT2D eigenvalue weighted by Crippen LogP contribution is -2.30. The van der Waals surface area contributed by atoms with Crippen molar-refractivity contribution >= 4 is 17.9 Å². The number of carbonyl (C=O) groups excluding carboxylic acids is 3. The van der Waals surface area contributed by atoms with Crippen LogP contribution in [0, 0.1) is 0 Å². The molecule has 1 atom stereocenters. The average molecular weight is 875 g/mol. The summed E-state index contributed by atoms with van der Waals surface area (Å²) in [5.74, 6) is -0.863. The van der Waals surface area contributed by atoms with Gasteiger partial charge in [-0.05, 0) is 44.9 Å². The standard InChI is InChI=1S/C56H106O6/c1-4-7-10-13-16-19-21-23-25-26-27-28-29-30-31-32-34-35-37-40-43-46-49-55(58)61-52-53(51-60-54(57)48-45-42-39-18-15-12-9-6-3)62-56(59)50-47-44-41-38-36-33-24-22-20-17-14-11-8-5-2/h22,24,53H,4-21,23,25-52H2,1-3H3/b24-22-. The van der Waals surface area contributed by atoms with Crippen LogP contribution >= 0.6 is 0 Å². The van der Waals surface area contributed by atoms with Gasteiger partial charge in [0, 0.05) is 19.3 Å². The molecule has 0 bridgehead atoms. The van der Waals surface area contributed by atoms with Gasteiger partial charge in [-0.2, -0.15) is 0 Å². The van der Waals surface area contributed by atoms with Crippen molar-refractivity contribution in [3.05, 3.63) is 12.2 Å². The smallest absolute Gasteiger partial charge is 0.306 e. The van der Waals surface area contributed by atoms with Gasteiger partial charge < -0.3 is 14.2 Å². The highest BCUT2D eigenvalue weighted by Crippen LogP contribution is 2.17. The minimum atomic E-state index is -0.767. The van der Waals surface area contributed by atoms with Gasteiger partial charge in [0.2, 0.25) is 0 Å². The minimum absolute atomic E-state index is 0.0683. The molecule has 0 spiro atoms. The van der Waals surface area contributed by atoms with Crippen LogP contribution in [0.2, 0.25) is 0 Å². The lowest BCUT2D eigenvalue weighted by Gasteiger charge is -2.18. The van der Waals surface area contributed by atoms with Crippen molar-refractivity contribution in [1.29, 1.82) is 0 Å². The third-order valence-corrected chi connectivity index (χ3v) is 12.5. The van der Waals surface area contributed by atoms with E-state index in [0.717, 1.165) is 64.2 Å². The second-order valence-electron chi connectivity index (χ2n) is 18.9. The lowest BCUT2D eigenvalue weighted by atomic mass is 10.0. The first kappa shape index (κ1) is 60.2. The van der Waals surface area contributed by atoms with Crippen LogP contribution in [0.1, 0.15) is 310 Å². The lowest BCUT2D eigenvalue weighted by molar-refractivity contribution is -0.167. The number of allylic oxidation sites excluding steroid dienone is 2. The third-order valence-electron chi connectivity index (χ3n) is 12.5. The molecule has 0 saturated carbocycles. The summed E-state index contributed by atoms with van der Waals surface area (Å²) in [7, 11) is 0. The zero-order valence-electron chi connectivity index (χ0n) is 41.9. The maximum Gasteiger partial charge on any atom is 0.306 e. The molecule has 366 valence electrons. The molecule has 0 aromatic rings. The Kier molecular flexibility index (Phi) is 50.2. The van der Waals surface area contributed by atoms with Gasteiger partial charge in [-0.1, -0.05) is 258 Å². The van der Waals surface area contributed by atoms with E-state index >= 15 is 0 Å². The molecule has 0 N–H and O–H groups in total. The van der Waals surface area contributed by atoms with E-state index in [2.05, 4.69) is 32.9 Å². The van der Waals surface area contributed by atoms with Gasteiger partial charge in [-0.25, -0.2) is 0 Å². The van der Waals surface area contributed by atoms with Gasteiger partial charge in [-0.15, -0.1) is 0 Å². The van der Waals surface area contributed by atoms with Gasteiger partial charge in [-0.3, -0.25) is 14.4 Å². The van der Waals surface area contributed by atoms with Gasteiger partial charge >= 0.3 is 17.9 Å². The Hall–Kier alpha value is -1.85. The Morgan fingerprint density at radius 2 is 0.532 bits per heavy atom. The Bertz CT molecular complexity index is 962. The molecule has 0 heterocycles. The molecule has 6 nitrogen and oxygen atoms in total. The zero-order valence-corrected chi connectivity index (χ0v) is 41.9. The van der Waals surface area contributed by atoms with E-state index < -0.39 is 6.10 Å². The van der Waals surface area contributed by atoms with Crippen LogP contribution < -0.4 is 0 Å². The molecule has 0 aliphatic heterocycles. The molecule has 0 saturated heterocycles. The molecule has 0 fully saturated rings. The Balaban J connectivity index is 4.15. The Morgan fingerprint density at radius 3 is 0.806 bits per heavy atom. The van der Waals surface area contributed by atoms with Crippen molar-refractivity contribution in [1.82, 2.24) is 0 Å². The van der Waals surface area contributed by atoms with E-state index in [9.17, 15) is 14.4 Å². The van der Waals surface area contributed by atoms with E-state index in [0.29, 0.717) is 19.3 Å². The molecule has 62 heavy (non-hydrogen) atoms. The first-order valence-corrected chi connectivity index (χ1v) is 27.7. The molecule has 0 aliphatic rings. The van der Waals surface area contributed by atoms with Crippen LogP contribution in [-0.4, -0.2) is 37.2 Å². The number of esters is 3. The minimum Gasteiger partial charge on any atom is -0.462 e. The number of hydrogen-bond donors (Lipinski definition) is 0. The van der Waals surface area contributed by atoms with Gasteiger partial charge in [0.1, 0.15) is 13.2 Å². The highest BCUT2D eigenvalue weighted by Gasteiger charge is 2.19. The highest BCUT2D eigenvalue weighted by atomic mass is 16.6. The van der Waals surface area contributed by atoms with Crippen molar-refractivity contribution < 1.29 is 28.6 Å².